The van der Waals surface area contributed by atoms with Gasteiger partial charge in [-0.25, -0.2) is 8.78 Å². The maximum absolute atomic E-state index is 12.7. The SMILES string of the molecule is Cc1cc(C(N)=S)cc(F)c1F. The molecule has 1 nitrogen and oxygen atoms in total. The zero-order valence-corrected chi connectivity index (χ0v) is 7.21. The third-order valence-electron chi connectivity index (χ3n) is 1.49. The Morgan fingerprint density at radius 3 is 2.42 bits per heavy atom. The van der Waals surface area contributed by atoms with E-state index in [0.717, 1.165) is 6.07 Å². The predicted octanol–water partition coefficient (Wildman–Crippen LogP) is 1.91. The molecule has 1 aromatic rings. The van der Waals surface area contributed by atoms with Gasteiger partial charge in [-0.15, -0.1) is 0 Å². The minimum atomic E-state index is -0.919. The molecule has 0 aromatic heterocycles. The van der Waals surface area contributed by atoms with Crippen molar-refractivity contribution in [3.05, 3.63) is 34.9 Å². The summed E-state index contributed by atoms with van der Waals surface area (Å²) in [5, 5.41) is 0. The van der Waals surface area contributed by atoms with Gasteiger partial charge >= 0.3 is 0 Å². The van der Waals surface area contributed by atoms with E-state index in [1.807, 2.05) is 0 Å². The van der Waals surface area contributed by atoms with Crippen molar-refractivity contribution in [3.8, 4) is 0 Å². The minimum Gasteiger partial charge on any atom is -0.389 e. The molecule has 0 heterocycles. The van der Waals surface area contributed by atoms with Gasteiger partial charge in [0.25, 0.3) is 0 Å². The van der Waals surface area contributed by atoms with Crippen molar-refractivity contribution >= 4 is 17.2 Å². The van der Waals surface area contributed by atoms with Crippen molar-refractivity contribution in [2.75, 3.05) is 0 Å². The highest BCUT2D eigenvalue weighted by Gasteiger charge is 2.07. The van der Waals surface area contributed by atoms with Crippen LogP contribution in [0.1, 0.15) is 11.1 Å². The molecule has 2 N–H and O–H groups in total. The summed E-state index contributed by atoms with van der Waals surface area (Å²) in [6.07, 6.45) is 0. The first kappa shape index (κ1) is 9.06. The van der Waals surface area contributed by atoms with Crippen LogP contribution in [0.15, 0.2) is 12.1 Å². The van der Waals surface area contributed by atoms with Crippen LogP contribution in [-0.2, 0) is 0 Å². The van der Waals surface area contributed by atoms with Crippen LogP contribution in [0.5, 0.6) is 0 Å². The molecule has 0 aliphatic carbocycles. The zero-order valence-electron chi connectivity index (χ0n) is 6.40. The Bertz CT molecular complexity index is 313. The van der Waals surface area contributed by atoms with Crippen molar-refractivity contribution in [2.24, 2.45) is 5.73 Å². The molecule has 1 aromatic carbocycles. The average molecular weight is 187 g/mol. The second kappa shape index (κ2) is 3.15. The molecular weight excluding hydrogens is 180 g/mol. The lowest BCUT2D eigenvalue weighted by atomic mass is 10.1. The van der Waals surface area contributed by atoms with Crippen molar-refractivity contribution in [1.82, 2.24) is 0 Å². The Kier molecular flexibility index (Phi) is 2.38. The standard InChI is InChI=1S/C8H7F2NS/c1-4-2-5(8(11)12)3-6(9)7(4)10/h2-3H,1H3,(H2,11,12). The van der Waals surface area contributed by atoms with Gasteiger partial charge in [0, 0.05) is 5.56 Å². The molecule has 0 saturated carbocycles. The Morgan fingerprint density at radius 2 is 2.00 bits per heavy atom. The monoisotopic (exact) mass is 187 g/mol. The Hall–Kier alpha value is -1.03. The molecule has 1 rings (SSSR count). The van der Waals surface area contributed by atoms with E-state index in [9.17, 15) is 8.78 Å². The highest BCUT2D eigenvalue weighted by molar-refractivity contribution is 7.80. The van der Waals surface area contributed by atoms with Gasteiger partial charge in [-0.05, 0) is 24.6 Å². The van der Waals surface area contributed by atoms with Gasteiger partial charge in [0.2, 0.25) is 0 Å². The van der Waals surface area contributed by atoms with E-state index in [-0.39, 0.29) is 10.6 Å². The fourth-order valence-corrected chi connectivity index (χ4v) is 0.987. The fraction of sp³-hybridized carbons (Fsp3) is 0.125. The molecule has 0 radical (unpaired) electrons. The number of benzene rings is 1. The van der Waals surface area contributed by atoms with E-state index < -0.39 is 11.6 Å². The first-order valence-corrected chi connectivity index (χ1v) is 3.68. The van der Waals surface area contributed by atoms with E-state index in [0.29, 0.717) is 5.56 Å². The first-order chi connectivity index (χ1) is 5.52. The second-order valence-corrected chi connectivity index (χ2v) is 2.89. The van der Waals surface area contributed by atoms with Gasteiger partial charge in [-0.1, -0.05) is 12.2 Å². The molecule has 12 heavy (non-hydrogen) atoms. The van der Waals surface area contributed by atoms with Gasteiger partial charge in [-0.3, -0.25) is 0 Å². The van der Waals surface area contributed by atoms with E-state index in [1.54, 1.807) is 0 Å². The summed E-state index contributed by atoms with van der Waals surface area (Å²) in [7, 11) is 0. The van der Waals surface area contributed by atoms with Crippen LogP contribution in [-0.4, -0.2) is 4.99 Å². The number of thiocarbonyl (C=S) groups is 1. The average Bonchev–Trinajstić information content (AvgIpc) is 1.99. The largest absolute Gasteiger partial charge is 0.389 e. The number of rotatable bonds is 1. The van der Waals surface area contributed by atoms with Crippen molar-refractivity contribution in [1.29, 1.82) is 0 Å². The van der Waals surface area contributed by atoms with Crippen molar-refractivity contribution in [3.63, 3.8) is 0 Å². The quantitative estimate of drug-likeness (QED) is 0.679. The normalized spacial score (nSPS) is 9.92. The molecule has 64 valence electrons. The summed E-state index contributed by atoms with van der Waals surface area (Å²) in [5.74, 6) is -1.77. The van der Waals surface area contributed by atoms with Crippen LogP contribution in [0.4, 0.5) is 8.78 Å². The Balaban J connectivity index is 3.31. The summed E-state index contributed by atoms with van der Waals surface area (Å²) >= 11 is 4.61. The molecule has 0 atom stereocenters. The maximum Gasteiger partial charge on any atom is 0.161 e. The predicted molar refractivity (Wildman–Crippen MR) is 47.0 cm³/mol. The maximum atomic E-state index is 12.7. The Morgan fingerprint density at radius 1 is 1.42 bits per heavy atom. The third-order valence-corrected chi connectivity index (χ3v) is 1.73. The van der Waals surface area contributed by atoms with Gasteiger partial charge in [0.1, 0.15) is 4.99 Å². The van der Waals surface area contributed by atoms with Crippen LogP contribution in [0.2, 0.25) is 0 Å². The second-order valence-electron chi connectivity index (χ2n) is 2.45. The summed E-state index contributed by atoms with van der Waals surface area (Å²) in [4.78, 5) is 0.0667. The van der Waals surface area contributed by atoms with E-state index in [4.69, 9.17) is 5.73 Å². The molecule has 0 bridgehead atoms. The molecule has 0 fully saturated rings. The lowest BCUT2D eigenvalue weighted by Gasteiger charge is -2.02. The van der Waals surface area contributed by atoms with Crippen LogP contribution in [0, 0.1) is 18.6 Å². The fourth-order valence-electron chi connectivity index (χ4n) is 0.869. The van der Waals surface area contributed by atoms with Gasteiger partial charge in [0.05, 0.1) is 0 Å². The number of nitrogens with two attached hydrogens (primary N) is 1. The van der Waals surface area contributed by atoms with E-state index >= 15 is 0 Å². The molecule has 0 unspecified atom stereocenters. The van der Waals surface area contributed by atoms with Crippen LogP contribution >= 0.6 is 12.2 Å². The van der Waals surface area contributed by atoms with Crippen molar-refractivity contribution in [2.45, 2.75) is 6.92 Å². The van der Waals surface area contributed by atoms with Gasteiger partial charge in [-0.2, -0.15) is 0 Å². The molecule has 0 spiro atoms. The topological polar surface area (TPSA) is 26.0 Å². The molecular formula is C8H7F2NS. The molecule has 0 saturated heterocycles. The number of halogens is 2. The molecule has 0 aliphatic heterocycles. The molecule has 0 amide bonds. The summed E-state index contributed by atoms with van der Waals surface area (Å²) < 4.78 is 25.4. The Labute approximate surface area is 74.2 Å². The highest BCUT2D eigenvalue weighted by Crippen LogP contribution is 2.13. The number of hydrogen-bond acceptors (Lipinski definition) is 1. The number of hydrogen-bond donors (Lipinski definition) is 1. The summed E-state index contributed by atoms with van der Waals surface area (Å²) in [6.45, 7) is 1.46. The number of aryl methyl sites for hydroxylation is 1. The lowest BCUT2D eigenvalue weighted by Crippen LogP contribution is -2.10. The lowest BCUT2D eigenvalue weighted by molar-refractivity contribution is 0.503. The molecule has 0 aliphatic rings. The van der Waals surface area contributed by atoms with Gasteiger partial charge < -0.3 is 5.73 Å². The van der Waals surface area contributed by atoms with Crippen LogP contribution in [0.3, 0.4) is 0 Å². The third kappa shape index (κ3) is 1.58. The zero-order chi connectivity index (χ0) is 9.30. The summed E-state index contributed by atoms with van der Waals surface area (Å²) in [5.41, 5.74) is 5.80. The molecule has 4 heteroatoms. The first-order valence-electron chi connectivity index (χ1n) is 3.28. The van der Waals surface area contributed by atoms with E-state index in [1.165, 1.54) is 13.0 Å². The van der Waals surface area contributed by atoms with Crippen LogP contribution < -0.4 is 5.73 Å². The van der Waals surface area contributed by atoms with E-state index in [2.05, 4.69) is 12.2 Å². The smallest absolute Gasteiger partial charge is 0.161 e. The van der Waals surface area contributed by atoms with Gasteiger partial charge in [0.15, 0.2) is 11.6 Å². The highest BCUT2D eigenvalue weighted by atomic mass is 32.1. The summed E-state index contributed by atoms with van der Waals surface area (Å²) in [6, 6.07) is 2.41. The van der Waals surface area contributed by atoms with Crippen LogP contribution in [0.25, 0.3) is 0 Å². The minimum absolute atomic E-state index is 0.0667. The van der Waals surface area contributed by atoms with Crippen molar-refractivity contribution < 1.29 is 8.78 Å².